The lowest BCUT2D eigenvalue weighted by Gasteiger charge is -2.03. The number of rotatable bonds is 4. The molecule has 1 rings (SSSR count). The summed E-state index contributed by atoms with van der Waals surface area (Å²) in [6, 6.07) is 0. The molecule has 0 heterocycles. The summed E-state index contributed by atoms with van der Waals surface area (Å²) >= 11 is 0. The lowest BCUT2D eigenvalue weighted by molar-refractivity contribution is 0.101. The van der Waals surface area contributed by atoms with Crippen LogP contribution in [0.15, 0.2) is 17.5 Å². The van der Waals surface area contributed by atoms with E-state index in [0.717, 1.165) is 12.8 Å². The van der Waals surface area contributed by atoms with Crippen LogP contribution in [0.1, 0.15) is 38.5 Å². The Morgan fingerprint density at radius 1 is 1.29 bits per heavy atom. The maximum atomic E-state index is 8.67. The highest BCUT2D eigenvalue weighted by atomic mass is 16.6. The second-order valence-electron chi connectivity index (χ2n) is 3.60. The number of aliphatic hydroxyl groups is 1. The molecule has 1 fully saturated rings. The third-order valence-electron chi connectivity index (χ3n) is 2.38. The van der Waals surface area contributed by atoms with Crippen LogP contribution in [0.2, 0.25) is 0 Å². The number of aliphatic hydroxyl groups excluding tert-OH is 1. The van der Waals surface area contributed by atoms with Gasteiger partial charge in [-0.1, -0.05) is 12.8 Å². The number of hydrogen-bond donors (Lipinski definition) is 1. The molecule has 0 aromatic carbocycles. The van der Waals surface area contributed by atoms with Crippen molar-refractivity contribution in [2.24, 2.45) is 4.99 Å². The fraction of sp³-hybridized carbons (Fsp3) is 0.727. The SMILES string of the molecule is C=C(O)OCCN=C1CCCCCC1. The standard InChI is InChI=1S/C11H19NO2/c1-10(13)14-9-8-12-11-6-4-2-3-5-7-11/h13H,1-9H2. The highest BCUT2D eigenvalue weighted by Crippen LogP contribution is 2.14. The first-order valence-corrected chi connectivity index (χ1v) is 5.32. The van der Waals surface area contributed by atoms with Crippen molar-refractivity contribution in [3.8, 4) is 0 Å². The van der Waals surface area contributed by atoms with E-state index >= 15 is 0 Å². The van der Waals surface area contributed by atoms with Gasteiger partial charge in [-0.2, -0.15) is 0 Å². The second-order valence-corrected chi connectivity index (χ2v) is 3.60. The molecule has 0 unspecified atom stereocenters. The third-order valence-corrected chi connectivity index (χ3v) is 2.38. The first kappa shape index (κ1) is 11.1. The van der Waals surface area contributed by atoms with Crippen LogP contribution in [0, 0.1) is 0 Å². The molecule has 0 spiro atoms. The van der Waals surface area contributed by atoms with Crippen molar-refractivity contribution in [2.75, 3.05) is 13.2 Å². The zero-order valence-corrected chi connectivity index (χ0v) is 8.67. The van der Waals surface area contributed by atoms with Gasteiger partial charge in [-0.25, -0.2) is 0 Å². The highest BCUT2D eigenvalue weighted by molar-refractivity contribution is 5.84. The molecule has 1 saturated carbocycles. The van der Waals surface area contributed by atoms with Crippen LogP contribution >= 0.6 is 0 Å². The van der Waals surface area contributed by atoms with Crippen molar-refractivity contribution in [2.45, 2.75) is 38.5 Å². The lowest BCUT2D eigenvalue weighted by Crippen LogP contribution is -2.02. The summed E-state index contributed by atoms with van der Waals surface area (Å²) in [4.78, 5) is 4.45. The second kappa shape index (κ2) is 6.46. The number of ether oxygens (including phenoxy) is 1. The Hall–Kier alpha value is -0.990. The van der Waals surface area contributed by atoms with E-state index in [2.05, 4.69) is 11.6 Å². The Bertz CT molecular complexity index is 201. The van der Waals surface area contributed by atoms with E-state index in [9.17, 15) is 0 Å². The van der Waals surface area contributed by atoms with Crippen molar-refractivity contribution in [1.82, 2.24) is 0 Å². The lowest BCUT2D eigenvalue weighted by atomic mass is 10.2. The molecular weight excluding hydrogens is 178 g/mol. The fourth-order valence-electron chi connectivity index (χ4n) is 1.66. The Balaban J connectivity index is 2.17. The number of nitrogens with zero attached hydrogens (tertiary/aromatic N) is 1. The topological polar surface area (TPSA) is 41.8 Å². The van der Waals surface area contributed by atoms with Gasteiger partial charge in [-0.15, -0.1) is 0 Å². The van der Waals surface area contributed by atoms with Gasteiger partial charge in [0.05, 0.1) is 6.54 Å². The highest BCUT2D eigenvalue weighted by Gasteiger charge is 2.04. The van der Waals surface area contributed by atoms with Gasteiger partial charge in [0.2, 0.25) is 0 Å². The molecule has 80 valence electrons. The first-order valence-electron chi connectivity index (χ1n) is 5.32. The van der Waals surface area contributed by atoms with E-state index in [1.165, 1.54) is 31.4 Å². The molecule has 0 atom stereocenters. The minimum Gasteiger partial charge on any atom is -0.481 e. The molecule has 0 aromatic rings. The molecule has 1 aliphatic carbocycles. The Labute approximate surface area is 85.5 Å². The van der Waals surface area contributed by atoms with Crippen LogP contribution in [0.4, 0.5) is 0 Å². The first-order chi connectivity index (χ1) is 6.79. The average Bonchev–Trinajstić information content (AvgIpc) is 2.40. The zero-order chi connectivity index (χ0) is 10.2. The van der Waals surface area contributed by atoms with Crippen LogP contribution in [0.5, 0.6) is 0 Å². The minimum absolute atomic E-state index is 0.217. The minimum atomic E-state index is -0.217. The molecule has 3 heteroatoms. The normalized spacial score (nSPS) is 17.3. The van der Waals surface area contributed by atoms with E-state index in [0.29, 0.717) is 13.2 Å². The molecule has 0 bridgehead atoms. The molecule has 3 nitrogen and oxygen atoms in total. The van der Waals surface area contributed by atoms with Gasteiger partial charge in [0.15, 0.2) is 0 Å². The van der Waals surface area contributed by atoms with Crippen molar-refractivity contribution in [3.63, 3.8) is 0 Å². The Morgan fingerprint density at radius 2 is 1.93 bits per heavy atom. The Morgan fingerprint density at radius 3 is 2.50 bits per heavy atom. The molecule has 0 saturated heterocycles. The fourth-order valence-corrected chi connectivity index (χ4v) is 1.66. The van der Waals surface area contributed by atoms with E-state index in [1.807, 2.05) is 0 Å². The molecule has 1 aliphatic rings. The van der Waals surface area contributed by atoms with E-state index in [4.69, 9.17) is 9.84 Å². The summed E-state index contributed by atoms with van der Waals surface area (Å²) in [6.45, 7) is 4.30. The number of aliphatic imine (C=N–C) groups is 1. The van der Waals surface area contributed by atoms with E-state index in [-0.39, 0.29) is 5.95 Å². The van der Waals surface area contributed by atoms with Crippen molar-refractivity contribution >= 4 is 5.71 Å². The molecule has 0 aromatic heterocycles. The van der Waals surface area contributed by atoms with Crippen LogP contribution < -0.4 is 0 Å². The molecule has 0 amide bonds. The summed E-state index contributed by atoms with van der Waals surface area (Å²) < 4.78 is 4.82. The van der Waals surface area contributed by atoms with Crippen LogP contribution in [-0.2, 0) is 4.74 Å². The molecular formula is C11H19NO2. The largest absolute Gasteiger partial charge is 0.481 e. The van der Waals surface area contributed by atoms with E-state index in [1.54, 1.807) is 0 Å². The predicted molar refractivity (Wildman–Crippen MR) is 57.7 cm³/mol. The quantitative estimate of drug-likeness (QED) is 0.428. The van der Waals surface area contributed by atoms with Gasteiger partial charge < -0.3 is 9.84 Å². The smallest absolute Gasteiger partial charge is 0.269 e. The maximum Gasteiger partial charge on any atom is 0.269 e. The molecule has 14 heavy (non-hydrogen) atoms. The third kappa shape index (κ3) is 4.90. The summed E-state index contributed by atoms with van der Waals surface area (Å²) in [5.41, 5.74) is 1.31. The van der Waals surface area contributed by atoms with Crippen molar-refractivity contribution in [3.05, 3.63) is 12.5 Å². The summed E-state index contributed by atoms with van der Waals surface area (Å²) in [5, 5.41) is 8.67. The van der Waals surface area contributed by atoms with Gasteiger partial charge in [0.1, 0.15) is 6.61 Å². The monoisotopic (exact) mass is 197 g/mol. The predicted octanol–water partition coefficient (Wildman–Crippen LogP) is 2.83. The van der Waals surface area contributed by atoms with Crippen LogP contribution in [-0.4, -0.2) is 24.0 Å². The van der Waals surface area contributed by atoms with Gasteiger partial charge in [-0.05, 0) is 32.3 Å². The van der Waals surface area contributed by atoms with Gasteiger partial charge >= 0.3 is 0 Å². The average molecular weight is 197 g/mol. The Kier molecular flexibility index (Phi) is 5.12. The van der Waals surface area contributed by atoms with Crippen LogP contribution in [0.3, 0.4) is 0 Å². The van der Waals surface area contributed by atoms with E-state index < -0.39 is 0 Å². The van der Waals surface area contributed by atoms with Gasteiger partial charge in [0.25, 0.3) is 5.95 Å². The molecule has 0 aliphatic heterocycles. The maximum absolute atomic E-state index is 8.67. The van der Waals surface area contributed by atoms with Gasteiger partial charge in [-0.3, -0.25) is 4.99 Å². The van der Waals surface area contributed by atoms with Crippen molar-refractivity contribution < 1.29 is 9.84 Å². The summed E-state index contributed by atoms with van der Waals surface area (Å²) in [6.07, 6.45) is 7.49. The van der Waals surface area contributed by atoms with Gasteiger partial charge in [0, 0.05) is 5.71 Å². The van der Waals surface area contributed by atoms with Crippen molar-refractivity contribution in [1.29, 1.82) is 0 Å². The summed E-state index contributed by atoms with van der Waals surface area (Å²) in [7, 11) is 0. The number of hydrogen-bond acceptors (Lipinski definition) is 3. The van der Waals surface area contributed by atoms with Crippen LogP contribution in [0.25, 0.3) is 0 Å². The zero-order valence-electron chi connectivity index (χ0n) is 8.67. The molecule has 1 N–H and O–H groups in total. The summed E-state index contributed by atoms with van der Waals surface area (Å²) in [5.74, 6) is -0.217. The molecule has 0 radical (unpaired) electrons.